The van der Waals surface area contributed by atoms with Gasteiger partial charge in [0.1, 0.15) is 11.9 Å². The Morgan fingerprint density at radius 3 is 2.23 bits per heavy atom. The molecule has 2 aliphatic rings. The van der Waals surface area contributed by atoms with Gasteiger partial charge < -0.3 is 10.2 Å². The molecule has 2 fully saturated rings. The van der Waals surface area contributed by atoms with E-state index in [1.54, 1.807) is 11.8 Å². The van der Waals surface area contributed by atoms with E-state index in [1.165, 1.54) is 16.4 Å². The van der Waals surface area contributed by atoms with Gasteiger partial charge in [-0.3, -0.25) is 9.59 Å². The molecule has 7 nitrogen and oxygen atoms in total. The van der Waals surface area contributed by atoms with Crippen LogP contribution in [0.3, 0.4) is 0 Å². The second-order valence-electron chi connectivity index (χ2n) is 6.69. The average molecular weight is 383 g/mol. The molecule has 2 amide bonds. The van der Waals surface area contributed by atoms with Gasteiger partial charge in [-0.15, -0.1) is 0 Å². The molecule has 142 valence electrons. The van der Waals surface area contributed by atoms with Gasteiger partial charge in [0.25, 0.3) is 0 Å². The Labute approximate surface area is 152 Å². The van der Waals surface area contributed by atoms with Gasteiger partial charge >= 0.3 is 0 Å². The molecule has 1 aliphatic carbocycles. The van der Waals surface area contributed by atoms with Gasteiger partial charge in [0.05, 0.1) is 4.90 Å². The van der Waals surface area contributed by atoms with Crippen LogP contribution >= 0.6 is 0 Å². The van der Waals surface area contributed by atoms with Gasteiger partial charge in [0.2, 0.25) is 21.8 Å². The molecule has 1 heterocycles. The molecule has 1 aromatic carbocycles. The molecule has 9 heteroatoms. The van der Waals surface area contributed by atoms with Gasteiger partial charge in [-0.2, -0.15) is 4.31 Å². The number of nitrogens with zero attached hydrogens (tertiary/aromatic N) is 2. The first-order valence-electron chi connectivity index (χ1n) is 8.64. The third-order valence-electron chi connectivity index (χ3n) is 4.68. The van der Waals surface area contributed by atoms with E-state index >= 15 is 0 Å². The minimum Gasteiger partial charge on any atom is -0.344 e. The molecule has 3 rings (SSSR count). The van der Waals surface area contributed by atoms with Crippen molar-refractivity contribution in [2.75, 3.05) is 26.2 Å². The zero-order valence-corrected chi connectivity index (χ0v) is 15.3. The summed E-state index contributed by atoms with van der Waals surface area (Å²) in [6.45, 7) is 2.47. The summed E-state index contributed by atoms with van der Waals surface area (Å²) in [6, 6.07) is 4.06. The highest BCUT2D eigenvalue weighted by Crippen LogP contribution is 2.29. The number of carbonyl (C=O) groups is 2. The van der Waals surface area contributed by atoms with Gasteiger partial charge in [-0.25, -0.2) is 12.8 Å². The molecule has 1 unspecified atom stereocenters. The van der Waals surface area contributed by atoms with Crippen molar-refractivity contribution in [1.82, 2.24) is 14.5 Å². The molecular weight excluding hydrogens is 361 g/mol. The average Bonchev–Trinajstić information content (AvgIpc) is 3.46. The van der Waals surface area contributed by atoms with Crippen molar-refractivity contribution in [1.29, 1.82) is 0 Å². The van der Waals surface area contributed by atoms with Crippen LogP contribution in [-0.2, 0) is 19.6 Å². The van der Waals surface area contributed by atoms with E-state index in [0.29, 0.717) is 0 Å². The zero-order chi connectivity index (χ0) is 18.9. The van der Waals surface area contributed by atoms with Crippen LogP contribution in [0.2, 0.25) is 0 Å². The number of amides is 2. The largest absolute Gasteiger partial charge is 0.344 e. The molecule has 1 saturated carbocycles. The lowest BCUT2D eigenvalue weighted by Gasteiger charge is -2.35. The molecule has 1 atom stereocenters. The summed E-state index contributed by atoms with van der Waals surface area (Å²) < 4.78 is 39.4. The van der Waals surface area contributed by atoms with Crippen LogP contribution < -0.4 is 5.32 Å². The van der Waals surface area contributed by atoms with Crippen LogP contribution in [0.15, 0.2) is 29.2 Å². The normalized spacial score (nSPS) is 19.8. The Hall–Kier alpha value is -2.00. The number of sulfonamides is 1. The standard InChI is InChI=1S/C17H22FN3O4S/c1-12(19-16(22)13-2-3-13)17(23)20-8-10-21(11-9-20)26(24,25)15-6-4-14(18)5-7-15/h4-7,12-13H,2-3,8-11H2,1H3,(H,19,22). The van der Waals surface area contributed by atoms with E-state index < -0.39 is 21.9 Å². The van der Waals surface area contributed by atoms with Crippen LogP contribution in [0.4, 0.5) is 4.39 Å². The summed E-state index contributed by atoms with van der Waals surface area (Å²) in [5.74, 6) is -0.772. The van der Waals surface area contributed by atoms with Gasteiger partial charge in [-0.05, 0) is 44.0 Å². The highest BCUT2D eigenvalue weighted by Gasteiger charge is 2.34. The highest BCUT2D eigenvalue weighted by atomic mass is 32.2. The number of nitrogens with one attached hydrogen (secondary N) is 1. The fourth-order valence-electron chi connectivity index (χ4n) is 2.92. The van der Waals surface area contributed by atoms with Crippen LogP contribution in [-0.4, -0.2) is 61.7 Å². The Morgan fingerprint density at radius 2 is 1.69 bits per heavy atom. The monoisotopic (exact) mass is 383 g/mol. The van der Waals surface area contributed by atoms with Crippen molar-refractivity contribution >= 4 is 21.8 Å². The molecule has 0 radical (unpaired) electrons. The SMILES string of the molecule is CC(NC(=O)C1CC1)C(=O)N1CCN(S(=O)(=O)c2ccc(F)cc2)CC1. The van der Waals surface area contributed by atoms with Crippen molar-refractivity contribution < 1.29 is 22.4 Å². The van der Waals surface area contributed by atoms with Gasteiger partial charge in [-0.1, -0.05) is 0 Å². The summed E-state index contributed by atoms with van der Waals surface area (Å²) in [5.41, 5.74) is 0. The molecule has 0 spiro atoms. The molecule has 1 aromatic rings. The lowest BCUT2D eigenvalue weighted by Crippen LogP contribution is -2.55. The lowest BCUT2D eigenvalue weighted by molar-refractivity contribution is -0.137. The van der Waals surface area contributed by atoms with Crippen molar-refractivity contribution in [3.8, 4) is 0 Å². The van der Waals surface area contributed by atoms with Crippen LogP contribution in [0.5, 0.6) is 0 Å². The quantitative estimate of drug-likeness (QED) is 0.806. The van der Waals surface area contributed by atoms with Gasteiger partial charge in [0, 0.05) is 32.1 Å². The van der Waals surface area contributed by atoms with Crippen molar-refractivity contribution in [2.45, 2.75) is 30.7 Å². The third-order valence-corrected chi connectivity index (χ3v) is 6.59. The first kappa shape index (κ1) is 18.8. The predicted octanol–water partition coefficient (Wildman–Crippen LogP) is 0.573. The van der Waals surface area contributed by atoms with E-state index in [2.05, 4.69) is 5.32 Å². The number of rotatable bonds is 5. The van der Waals surface area contributed by atoms with Crippen molar-refractivity contribution in [2.24, 2.45) is 5.92 Å². The maximum atomic E-state index is 13.0. The Bertz CT molecular complexity index is 785. The maximum Gasteiger partial charge on any atom is 0.244 e. The topological polar surface area (TPSA) is 86.8 Å². The number of hydrogen-bond acceptors (Lipinski definition) is 4. The molecule has 1 saturated heterocycles. The van der Waals surface area contributed by atoms with Crippen LogP contribution in [0.25, 0.3) is 0 Å². The van der Waals surface area contributed by atoms with Crippen LogP contribution in [0.1, 0.15) is 19.8 Å². The second-order valence-corrected chi connectivity index (χ2v) is 8.63. The Kier molecular flexibility index (Phi) is 5.29. The number of hydrogen-bond donors (Lipinski definition) is 1. The summed E-state index contributed by atoms with van der Waals surface area (Å²) in [6.07, 6.45) is 1.74. The van der Waals surface area contributed by atoms with E-state index in [9.17, 15) is 22.4 Å². The van der Waals surface area contributed by atoms with E-state index in [1.807, 2.05) is 0 Å². The molecule has 1 N–H and O–H groups in total. The number of carbonyl (C=O) groups excluding carboxylic acids is 2. The molecule has 0 aromatic heterocycles. The number of piperazine rings is 1. The fraction of sp³-hybridized carbons (Fsp3) is 0.529. The van der Waals surface area contributed by atoms with Crippen molar-refractivity contribution in [3.63, 3.8) is 0 Å². The van der Waals surface area contributed by atoms with Crippen molar-refractivity contribution in [3.05, 3.63) is 30.1 Å². The Morgan fingerprint density at radius 1 is 1.12 bits per heavy atom. The second kappa shape index (κ2) is 7.32. The summed E-state index contributed by atoms with van der Waals surface area (Å²) in [4.78, 5) is 25.8. The highest BCUT2D eigenvalue weighted by molar-refractivity contribution is 7.89. The molecule has 1 aliphatic heterocycles. The third kappa shape index (κ3) is 4.04. The molecule has 26 heavy (non-hydrogen) atoms. The summed E-state index contributed by atoms with van der Waals surface area (Å²) in [5, 5.41) is 2.71. The molecular formula is C17H22FN3O4S. The first-order valence-corrected chi connectivity index (χ1v) is 10.1. The minimum absolute atomic E-state index is 0.0305. The smallest absolute Gasteiger partial charge is 0.244 e. The maximum absolute atomic E-state index is 13.0. The van der Waals surface area contributed by atoms with Crippen LogP contribution in [0, 0.1) is 11.7 Å². The van der Waals surface area contributed by atoms with E-state index in [0.717, 1.165) is 25.0 Å². The zero-order valence-electron chi connectivity index (χ0n) is 14.5. The summed E-state index contributed by atoms with van der Waals surface area (Å²) >= 11 is 0. The lowest BCUT2D eigenvalue weighted by atomic mass is 10.2. The van der Waals surface area contributed by atoms with Gasteiger partial charge in [0.15, 0.2) is 0 Å². The van der Waals surface area contributed by atoms with E-state index in [-0.39, 0.29) is 48.8 Å². The predicted molar refractivity (Wildman–Crippen MR) is 92.1 cm³/mol. The number of benzene rings is 1. The van der Waals surface area contributed by atoms with E-state index in [4.69, 9.17) is 0 Å². The first-order chi connectivity index (χ1) is 12.3. The molecule has 0 bridgehead atoms. The minimum atomic E-state index is -3.71. The Balaban J connectivity index is 1.57. The summed E-state index contributed by atoms with van der Waals surface area (Å²) in [7, 11) is -3.71. The number of halogens is 1. The fourth-order valence-corrected chi connectivity index (χ4v) is 4.34.